The number of fused-ring (bicyclic) bond motifs is 1. The van der Waals surface area contributed by atoms with E-state index in [1.54, 1.807) is 0 Å². The molecule has 3 heteroatoms. The molecule has 1 aromatic carbocycles. The van der Waals surface area contributed by atoms with E-state index in [0.29, 0.717) is 6.04 Å². The first-order chi connectivity index (χ1) is 8.83. The molecule has 1 fully saturated rings. The van der Waals surface area contributed by atoms with E-state index in [-0.39, 0.29) is 6.10 Å². The molecule has 1 heterocycles. The summed E-state index contributed by atoms with van der Waals surface area (Å²) in [5.74, 6) is 0. The van der Waals surface area contributed by atoms with Crippen LogP contribution in [0.3, 0.4) is 0 Å². The number of benzene rings is 1. The Kier molecular flexibility index (Phi) is 3.35. The normalized spacial score (nSPS) is 24.5. The molecule has 0 radical (unpaired) electrons. The minimum atomic E-state index is -0.0730. The first kappa shape index (κ1) is 11.8. The fourth-order valence-corrected chi connectivity index (χ4v) is 2.81. The summed E-state index contributed by atoms with van der Waals surface area (Å²) >= 11 is 0. The van der Waals surface area contributed by atoms with Crippen molar-refractivity contribution in [3.8, 4) is 0 Å². The van der Waals surface area contributed by atoms with Crippen molar-refractivity contribution in [3.63, 3.8) is 0 Å². The molecule has 1 aliphatic carbocycles. The number of rotatable bonds is 3. The van der Waals surface area contributed by atoms with Crippen molar-refractivity contribution >= 4 is 10.9 Å². The number of nitrogens with one attached hydrogen (secondary N) is 2. The molecule has 0 aliphatic heterocycles. The van der Waals surface area contributed by atoms with Crippen molar-refractivity contribution in [1.82, 2.24) is 10.3 Å². The Morgan fingerprint density at radius 1 is 1.17 bits per heavy atom. The van der Waals surface area contributed by atoms with Gasteiger partial charge in [0.2, 0.25) is 0 Å². The average molecular weight is 244 g/mol. The molecular formula is C15H20N2O. The summed E-state index contributed by atoms with van der Waals surface area (Å²) in [7, 11) is 0. The largest absolute Gasteiger partial charge is 0.393 e. The molecule has 0 amide bonds. The summed E-state index contributed by atoms with van der Waals surface area (Å²) in [4.78, 5) is 3.30. The number of aliphatic hydroxyl groups excluding tert-OH is 1. The van der Waals surface area contributed by atoms with Gasteiger partial charge in [0.15, 0.2) is 0 Å². The predicted molar refractivity (Wildman–Crippen MR) is 73.4 cm³/mol. The minimum absolute atomic E-state index is 0.0730. The minimum Gasteiger partial charge on any atom is -0.393 e. The van der Waals surface area contributed by atoms with Gasteiger partial charge in [-0.25, -0.2) is 0 Å². The van der Waals surface area contributed by atoms with E-state index in [9.17, 15) is 5.11 Å². The monoisotopic (exact) mass is 244 g/mol. The standard InChI is InChI=1S/C15H20N2O/c18-13-7-5-12(6-8-13)16-9-11-10-17-15-4-2-1-3-14(11)15/h1-4,10,12-13,16-18H,5-9H2. The zero-order valence-electron chi connectivity index (χ0n) is 10.5. The zero-order chi connectivity index (χ0) is 12.4. The maximum Gasteiger partial charge on any atom is 0.0541 e. The molecule has 2 aromatic rings. The van der Waals surface area contributed by atoms with Gasteiger partial charge in [-0.3, -0.25) is 0 Å². The van der Waals surface area contributed by atoms with Gasteiger partial charge in [-0.2, -0.15) is 0 Å². The first-order valence-corrected chi connectivity index (χ1v) is 6.79. The smallest absolute Gasteiger partial charge is 0.0541 e. The Hall–Kier alpha value is -1.32. The van der Waals surface area contributed by atoms with E-state index in [4.69, 9.17) is 0 Å². The third-order valence-corrected chi connectivity index (χ3v) is 3.95. The summed E-state index contributed by atoms with van der Waals surface area (Å²) < 4.78 is 0. The number of para-hydroxylation sites is 1. The predicted octanol–water partition coefficient (Wildman–Crippen LogP) is 2.56. The number of aliphatic hydroxyl groups is 1. The van der Waals surface area contributed by atoms with E-state index in [0.717, 1.165) is 32.2 Å². The number of H-pyrrole nitrogens is 1. The van der Waals surface area contributed by atoms with Crippen LogP contribution in [0, 0.1) is 0 Å². The first-order valence-electron chi connectivity index (χ1n) is 6.79. The molecule has 3 nitrogen and oxygen atoms in total. The Bertz CT molecular complexity index is 512. The van der Waals surface area contributed by atoms with E-state index in [1.165, 1.54) is 16.5 Å². The lowest BCUT2D eigenvalue weighted by Gasteiger charge is -2.26. The molecule has 0 atom stereocenters. The van der Waals surface area contributed by atoms with Crippen molar-refractivity contribution < 1.29 is 5.11 Å². The fourth-order valence-electron chi connectivity index (χ4n) is 2.81. The van der Waals surface area contributed by atoms with Crippen LogP contribution in [0.1, 0.15) is 31.2 Å². The van der Waals surface area contributed by atoms with Gasteiger partial charge in [0.1, 0.15) is 0 Å². The third-order valence-electron chi connectivity index (χ3n) is 3.95. The molecule has 3 rings (SSSR count). The van der Waals surface area contributed by atoms with Crippen LogP contribution < -0.4 is 5.32 Å². The summed E-state index contributed by atoms with van der Waals surface area (Å²) in [6.45, 7) is 0.908. The van der Waals surface area contributed by atoms with Crippen LogP contribution >= 0.6 is 0 Å². The number of aromatic nitrogens is 1. The van der Waals surface area contributed by atoms with Crippen LogP contribution in [-0.2, 0) is 6.54 Å². The Labute approximate surface area is 107 Å². The van der Waals surface area contributed by atoms with Crippen molar-refractivity contribution in [3.05, 3.63) is 36.0 Å². The summed E-state index contributed by atoms with van der Waals surface area (Å²) in [5.41, 5.74) is 2.53. The van der Waals surface area contributed by atoms with Crippen molar-refractivity contribution in [2.24, 2.45) is 0 Å². The van der Waals surface area contributed by atoms with Crippen molar-refractivity contribution in [2.45, 2.75) is 44.4 Å². The van der Waals surface area contributed by atoms with Crippen LogP contribution in [0.25, 0.3) is 10.9 Å². The maximum absolute atomic E-state index is 9.49. The van der Waals surface area contributed by atoms with Crippen LogP contribution in [0.2, 0.25) is 0 Å². The second kappa shape index (κ2) is 5.12. The zero-order valence-corrected chi connectivity index (χ0v) is 10.5. The van der Waals surface area contributed by atoms with Crippen molar-refractivity contribution in [1.29, 1.82) is 0 Å². The average Bonchev–Trinajstić information content (AvgIpc) is 2.82. The molecule has 1 aromatic heterocycles. The molecule has 0 saturated heterocycles. The second-order valence-corrected chi connectivity index (χ2v) is 5.25. The maximum atomic E-state index is 9.49. The number of hydrogen-bond acceptors (Lipinski definition) is 2. The van der Waals surface area contributed by atoms with Crippen molar-refractivity contribution in [2.75, 3.05) is 0 Å². The third kappa shape index (κ3) is 2.42. The van der Waals surface area contributed by atoms with E-state index in [1.807, 2.05) is 0 Å². The number of hydrogen-bond donors (Lipinski definition) is 3. The molecule has 0 spiro atoms. The Morgan fingerprint density at radius 2 is 1.94 bits per heavy atom. The molecule has 18 heavy (non-hydrogen) atoms. The highest BCUT2D eigenvalue weighted by molar-refractivity contribution is 5.82. The highest BCUT2D eigenvalue weighted by Gasteiger charge is 2.18. The van der Waals surface area contributed by atoms with Gasteiger partial charge >= 0.3 is 0 Å². The Balaban J connectivity index is 1.63. The van der Waals surface area contributed by atoms with Crippen LogP contribution in [-0.4, -0.2) is 22.2 Å². The molecule has 1 aliphatic rings. The van der Waals surface area contributed by atoms with Crippen LogP contribution in [0.15, 0.2) is 30.5 Å². The molecule has 0 unspecified atom stereocenters. The SMILES string of the molecule is OC1CCC(NCc2c[nH]c3ccccc23)CC1. The van der Waals surface area contributed by atoms with Gasteiger partial charge in [-0.15, -0.1) is 0 Å². The van der Waals surface area contributed by atoms with Crippen LogP contribution in [0.4, 0.5) is 0 Å². The van der Waals surface area contributed by atoms with Gasteiger partial charge in [-0.1, -0.05) is 18.2 Å². The number of aromatic amines is 1. The molecule has 96 valence electrons. The molecule has 3 N–H and O–H groups in total. The second-order valence-electron chi connectivity index (χ2n) is 5.25. The van der Waals surface area contributed by atoms with Gasteiger partial charge < -0.3 is 15.4 Å². The quantitative estimate of drug-likeness (QED) is 0.777. The van der Waals surface area contributed by atoms with E-state index in [2.05, 4.69) is 40.8 Å². The molecular weight excluding hydrogens is 224 g/mol. The summed E-state index contributed by atoms with van der Waals surface area (Å²) in [6, 6.07) is 8.96. The van der Waals surface area contributed by atoms with Gasteiger partial charge in [0.05, 0.1) is 6.10 Å². The van der Waals surface area contributed by atoms with Gasteiger partial charge in [0, 0.05) is 29.7 Å². The fraction of sp³-hybridized carbons (Fsp3) is 0.467. The summed E-state index contributed by atoms with van der Waals surface area (Å²) in [5, 5.41) is 14.4. The highest BCUT2D eigenvalue weighted by atomic mass is 16.3. The molecule has 0 bridgehead atoms. The van der Waals surface area contributed by atoms with Gasteiger partial charge in [-0.05, 0) is 37.3 Å². The van der Waals surface area contributed by atoms with E-state index < -0.39 is 0 Å². The lowest BCUT2D eigenvalue weighted by Crippen LogP contribution is -2.34. The topological polar surface area (TPSA) is 48.0 Å². The Morgan fingerprint density at radius 3 is 2.78 bits per heavy atom. The van der Waals surface area contributed by atoms with Gasteiger partial charge in [0.25, 0.3) is 0 Å². The summed E-state index contributed by atoms with van der Waals surface area (Å²) in [6.07, 6.45) is 6.07. The highest BCUT2D eigenvalue weighted by Crippen LogP contribution is 2.21. The lowest BCUT2D eigenvalue weighted by molar-refractivity contribution is 0.116. The van der Waals surface area contributed by atoms with E-state index >= 15 is 0 Å². The lowest BCUT2D eigenvalue weighted by atomic mass is 9.93. The van der Waals surface area contributed by atoms with Crippen LogP contribution in [0.5, 0.6) is 0 Å². The molecule has 1 saturated carbocycles.